The van der Waals surface area contributed by atoms with Crippen LogP contribution in [-0.4, -0.2) is 73.7 Å². The summed E-state index contributed by atoms with van der Waals surface area (Å²) in [5, 5.41) is 11.1. The molecule has 0 fully saturated rings. The number of nitrogens with one attached hydrogen (secondary N) is 1. The van der Waals surface area contributed by atoms with E-state index in [1.807, 2.05) is 6.92 Å². The van der Waals surface area contributed by atoms with Gasteiger partial charge in [-0.25, -0.2) is 0 Å². The monoisotopic (exact) mass is 229 g/mol. The zero-order chi connectivity index (χ0) is 4.83. The van der Waals surface area contributed by atoms with E-state index in [-0.39, 0.29) is 55.5 Å². The van der Waals surface area contributed by atoms with Crippen LogP contribution in [0.25, 0.3) is 0 Å². The number of hydrogen-bond acceptors (Lipinski definition) is 2. The molecule has 0 aliphatic heterocycles. The predicted octanol–water partition coefficient (Wildman–Crippen LogP) is -1.33. The fourth-order valence-electron chi connectivity index (χ4n) is 0.256. The van der Waals surface area contributed by atoms with Crippen LogP contribution in [0.5, 0.6) is 0 Å². The van der Waals surface area contributed by atoms with Crippen LogP contribution in [0.4, 0.5) is 0 Å². The molecule has 0 saturated heterocycles. The average Bonchev–Trinajstić information content (AvgIpc) is 1.61. The second-order valence-corrected chi connectivity index (χ2v) is 1.08. The van der Waals surface area contributed by atoms with E-state index in [4.69, 9.17) is 5.11 Å². The van der Waals surface area contributed by atoms with E-state index < -0.39 is 0 Å². The molecular weight excluding hydrogens is 215 g/mol. The van der Waals surface area contributed by atoms with Crippen LogP contribution in [0.1, 0.15) is 6.92 Å². The van der Waals surface area contributed by atoms with Crippen molar-refractivity contribution in [3.05, 3.63) is 0 Å². The molecule has 0 radical (unpaired) electrons. The molecule has 0 aliphatic rings. The molecule has 0 heterocycles. The summed E-state index contributed by atoms with van der Waals surface area (Å²) in [5.41, 5.74) is 0. The van der Waals surface area contributed by atoms with Crippen molar-refractivity contribution < 1.29 is 5.11 Å². The summed E-state index contributed by atoms with van der Waals surface area (Å²) in [7, 11) is 0. The van der Waals surface area contributed by atoms with Crippen LogP contribution < -0.4 is 5.32 Å². The molecule has 2 N–H and O–H groups in total. The summed E-state index contributed by atoms with van der Waals surface area (Å²) in [5.74, 6) is 0. The summed E-state index contributed by atoms with van der Waals surface area (Å²) < 4.78 is 0. The molecule has 0 amide bonds. The van der Waals surface area contributed by atoms with E-state index in [0.29, 0.717) is 0 Å². The quantitative estimate of drug-likeness (QED) is 0.464. The Bertz CT molecular complexity index is 23.7. The molecule has 0 saturated carbocycles. The fourth-order valence-corrected chi connectivity index (χ4v) is 0.256. The molecule has 0 aromatic heterocycles. The Morgan fingerprint density at radius 3 is 2.29 bits per heavy atom. The zero-order valence-electron chi connectivity index (χ0n) is 4.07. The van der Waals surface area contributed by atoms with E-state index >= 15 is 0 Å². The molecule has 7 heavy (non-hydrogen) atoms. The summed E-state index contributed by atoms with van der Waals surface area (Å²) in [6, 6.07) is 0. The summed E-state index contributed by atoms with van der Waals surface area (Å²) in [6.07, 6.45) is 0. The van der Waals surface area contributed by atoms with Crippen LogP contribution in [0.15, 0.2) is 0 Å². The van der Waals surface area contributed by atoms with Crippen molar-refractivity contribution in [2.75, 3.05) is 19.7 Å². The van der Waals surface area contributed by atoms with E-state index in [1.54, 1.807) is 0 Å². The second kappa shape index (κ2) is 10.5. The molecule has 0 aromatic carbocycles. The fraction of sp³-hybridized carbons (Fsp3) is 1.00. The van der Waals surface area contributed by atoms with Gasteiger partial charge in [0.2, 0.25) is 0 Å². The standard InChI is InChI=1S/C4H11NO.Ba.2H/c1-2-5-3-4-6;;;/h5-6H,2-4H2,1H3;;;. The van der Waals surface area contributed by atoms with Crippen LogP contribution in [0, 0.1) is 0 Å². The number of aliphatic hydroxyl groups is 1. The van der Waals surface area contributed by atoms with Gasteiger partial charge in [-0.2, -0.15) is 0 Å². The molecule has 3 heteroatoms. The summed E-state index contributed by atoms with van der Waals surface area (Å²) in [4.78, 5) is 0. The van der Waals surface area contributed by atoms with Crippen LogP contribution in [0.2, 0.25) is 0 Å². The maximum atomic E-state index is 8.13. The first-order valence-electron chi connectivity index (χ1n) is 2.23. The van der Waals surface area contributed by atoms with Gasteiger partial charge in [0, 0.05) is 6.54 Å². The molecule has 0 unspecified atom stereocenters. The number of aliphatic hydroxyl groups excluding tert-OH is 1. The van der Waals surface area contributed by atoms with Gasteiger partial charge in [0.1, 0.15) is 0 Å². The molecular formula is C4H13BaNO. The summed E-state index contributed by atoms with van der Waals surface area (Å²) >= 11 is 0. The number of likely N-dealkylation sites (N-methyl/N-ethyl adjacent to an activating group) is 1. The molecule has 0 spiro atoms. The molecule has 0 atom stereocenters. The average molecular weight is 228 g/mol. The maximum absolute atomic E-state index is 8.13. The summed E-state index contributed by atoms with van der Waals surface area (Å²) in [6.45, 7) is 3.92. The van der Waals surface area contributed by atoms with Crippen molar-refractivity contribution in [2.24, 2.45) is 0 Å². The Labute approximate surface area is 84.8 Å². The molecule has 0 bridgehead atoms. The second-order valence-electron chi connectivity index (χ2n) is 1.08. The van der Waals surface area contributed by atoms with Crippen molar-refractivity contribution in [2.45, 2.75) is 6.92 Å². The van der Waals surface area contributed by atoms with Crippen molar-refractivity contribution in [3.63, 3.8) is 0 Å². The van der Waals surface area contributed by atoms with Gasteiger partial charge in [0.15, 0.2) is 0 Å². The Morgan fingerprint density at radius 1 is 1.57 bits per heavy atom. The predicted molar refractivity (Wildman–Crippen MR) is 34.2 cm³/mol. The van der Waals surface area contributed by atoms with E-state index in [2.05, 4.69) is 5.32 Å². The minimum absolute atomic E-state index is 0. The number of rotatable bonds is 3. The van der Waals surface area contributed by atoms with Crippen molar-refractivity contribution in [1.82, 2.24) is 5.32 Å². The van der Waals surface area contributed by atoms with Gasteiger partial charge in [0.05, 0.1) is 6.61 Å². The Hall–Kier alpha value is 1.49. The van der Waals surface area contributed by atoms with Crippen molar-refractivity contribution in [1.29, 1.82) is 0 Å². The topological polar surface area (TPSA) is 32.3 Å². The zero-order valence-corrected chi connectivity index (χ0v) is 4.07. The van der Waals surface area contributed by atoms with Gasteiger partial charge >= 0.3 is 48.9 Å². The molecule has 2 nitrogen and oxygen atoms in total. The third kappa shape index (κ3) is 11.2. The number of hydrogen-bond donors (Lipinski definition) is 2. The van der Waals surface area contributed by atoms with Crippen LogP contribution in [0.3, 0.4) is 0 Å². The third-order valence-corrected chi connectivity index (χ3v) is 0.539. The van der Waals surface area contributed by atoms with Gasteiger partial charge in [-0.3, -0.25) is 0 Å². The van der Waals surface area contributed by atoms with Gasteiger partial charge in [-0.15, -0.1) is 0 Å². The normalized spacial score (nSPS) is 7.71. The molecule has 0 aromatic rings. The Morgan fingerprint density at radius 2 is 2.14 bits per heavy atom. The minimum atomic E-state index is 0. The molecule has 0 rings (SSSR count). The van der Waals surface area contributed by atoms with Crippen LogP contribution in [-0.2, 0) is 0 Å². The van der Waals surface area contributed by atoms with E-state index in [0.717, 1.165) is 13.1 Å². The van der Waals surface area contributed by atoms with Crippen molar-refractivity contribution >= 4 is 48.9 Å². The Balaban J connectivity index is 0. The Kier molecular flexibility index (Phi) is 16.9. The van der Waals surface area contributed by atoms with E-state index in [9.17, 15) is 0 Å². The van der Waals surface area contributed by atoms with Gasteiger partial charge in [-0.1, -0.05) is 6.92 Å². The first kappa shape index (κ1) is 11.3. The first-order valence-corrected chi connectivity index (χ1v) is 2.23. The first-order chi connectivity index (χ1) is 2.91. The van der Waals surface area contributed by atoms with Gasteiger partial charge in [-0.05, 0) is 6.54 Å². The van der Waals surface area contributed by atoms with Gasteiger partial charge in [0.25, 0.3) is 0 Å². The third-order valence-electron chi connectivity index (χ3n) is 0.539. The van der Waals surface area contributed by atoms with E-state index in [1.165, 1.54) is 0 Å². The van der Waals surface area contributed by atoms with Gasteiger partial charge < -0.3 is 10.4 Å². The van der Waals surface area contributed by atoms with Crippen LogP contribution >= 0.6 is 0 Å². The molecule has 0 aliphatic carbocycles. The van der Waals surface area contributed by atoms with Crippen molar-refractivity contribution in [3.8, 4) is 0 Å². The SMILES string of the molecule is CCNCCO.[BaH2]. The molecule has 42 valence electrons.